The van der Waals surface area contributed by atoms with Gasteiger partial charge in [-0.1, -0.05) is 105 Å². The number of anilines is 3. The molecule has 14 rings (SSSR count). The quantitative estimate of drug-likeness (QED) is 0.0180. The van der Waals surface area contributed by atoms with E-state index in [0.717, 1.165) is 0 Å². The molecule has 0 aliphatic carbocycles. The monoisotopic (exact) mass is 1990 g/mol. The number of nitrogens with one attached hydrogen (secondary N) is 1. The number of aromatic nitrogens is 6. The number of Topliss-reactive ketones (excluding diaryl/α,β-unsaturated/α-hetero) is 2. The van der Waals surface area contributed by atoms with Gasteiger partial charge in [-0.3, -0.25) is 37.7 Å². The molecule has 40 nitrogen and oxygen atoms in total. The Hall–Kier alpha value is -10.8. The van der Waals surface area contributed by atoms with E-state index < -0.39 is 115 Å². The second-order valence-electron chi connectivity index (χ2n) is 24.9. The Morgan fingerprint density at radius 3 is 1.04 bits per heavy atom. The van der Waals surface area contributed by atoms with Crippen molar-refractivity contribution in [2.75, 3.05) is 96.1 Å². The summed E-state index contributed by atoms with van der Waals surface area (Å²) in [6, 6.07) is 47.4. The number of aldehydes is 1. The zero-order chi connectivity index (χ0) is 90.3. The number of aliphatic hydroxyl groups is 1. The first-order chi connectivity index (χ1) is 59.7. The second kappa shape index (κ2) is 56.1. The third-order valence-electron chi connectivity index (χ3n) is 15.9. The van der Waals surface area contributed by atoms with Gasteiger partial charge < -0.3 is 102 Å². The number of hydrogen-bond acceptors (Lipinski definition) is 36. The van der Waals surface area contributed by atoms with Crippen molar-refractivity contribution >= 4 is 117 Å². The van der Waals surface area contributed by atoms with E-state index in [9.17, 15) is 62.3 Å². The fraction of sp³-hybridized carbons (Fsp3) is 0.358. The average Bonchev–Trinajstić information content (AvgIpc) is 1.65. The van der Waals surface area contributed by atoms with Crippen molar-refractivity contribution in [1.82, 2.24) is 28.7 Å². The summed E-state index contributed by atoms with van der Waals surface area (Å²) in [4.78, 5) is 157. The molecule has 665 valence electrons. The van der Waals surface area contributed by atoms with Crippen molar-refractivity contribution in [3.63, 3.8) is 0 Å². The van der Waals surface area contributed by atoms with Crippen molar-refractivity contribution in [3.8, 4) is 0 Å². The van der Waals surface area contributed by atoms with Crippen LogP contribution in [0.5, 0.6) is 0 Å². The van der Waals surface area contributed by atoms with E-state index in [4.69, 9.17) is 87.6 Å². The van der Waals surface area contributed by atoms with E-state index in [1.807, 2.05) is 32.0 Å². The minimum atomic E-state index is -0.783. The van der Waals surface area contributed by atoms with E-state index in [2.05, 4.69) is 69.7 Å². The number of carbonyl (C=O) groups is 10. The van der Waals surface area contributed by atoms with Crippen LogP contribution in [0, 0.1) is 0 Å². The van der Waals surface area contributed by atoms with Gasteiger partial charge in [-0.2, -0.15) is 15.0 Å². The molecule has 0 radical (unpaired) electrons. The Balaban J connectivity index is 0.000000227. The van der Waals surface area contributed by atoms with Crippen LogP contribution in [0.4, 0.5) is 17.5 Å². The predicted molar refractivity (Wildman–Crippen MR) is 446 cm³/mol. The molecule has 11 atom stereocenters. The molecule has 8 aromatic rings. The predicted octanol–water partition coefficient (Wildman–Crippen LogP) is 6.26. The van der Waals surface area contributed by atoms with Gasteiger partial charge in [-0.05, 0) is 92.7 Å². The third-order valence-corrected chi connectivity index (χ3v) is 15.9. The molecule has 124 heavy (non-hydrogen) atoms. The molecule has 11 unspecified atom stereocenters. The molecule has 6 N–H and O–H groups in total. The van der Waals surface area contributed by atoms with Crippen molar-refractivity contribution < 1.29 is 143 Å². The maximum absolute atomic E-state index is 12.0. The molecule has 1 amide bonds. The number of hydrogen-bond donors (Lipinski definition) is 4. The summed E-state index contributed by atoms with van der Waals surface area (Å²) < 4.78 is 91.2. The van der Waals surface area contributed by atoms with E-state index in [-0.39, 0.29) is 114 Å². The van der Waals surface area contributed by atoms with Gasteiger partial charge in [-0.15, -0.1) is 0 Å². The number of esters is 6. The Bertz CT molecular complexity index is 4860. The van der Waals surface area contributed by atoms with Gasteiger partial charge in [0.15, 0.2) is 68.0 Å². The van der Waals surface area contributed by atoms with Crippen LogP contribution in [0.25, 0.3) is 0 Å². The van der Waals surface area contributed by atoms with E-state index >= 15 is 0 Å². The van der Waals surface area contributed by atoms with Gasteiger partial charge in [0.1, 0.15) is 69.3 Å². The van der Waals surface area contributed by atoms with Crippen molar-refractivity contribution in [2.45, 2.75) is 110 Å². The number of aliphatic hydroxyl groups excluding tert-OH is 1. The molecular formula is C81H91I2N9O31V. The molecule has 6 fully saturated rings. The number of amides is 1. The van der Waals surface area contributed by atoms with E-state index in [1.165, 1.54) is 78.2 Å². The number of nitrogen functional groups attached to an aromatic ring is 2. The topological polar surface area (TPSA) is 520 Å². The number of rotatable bonds is 23. The Labute approximate surface area is 737 Å². The van der Waals surface area contributed by atoms with Crippen LogP contribution < -0.4 is 33.9 Å². The molecule has 6 aliphatic rings. The molecule has 0 saturated carbocycles. The molecule has 0 bridgehead atoms. The molecule has 5 aromatic carbocycles. The summed E-state index contributed by atoms with van der Waals surface area (Å²) in [7, 11) is 0.628. The number of ether oxygens (including phenoxy) is 17. The van der Waals surface area contributed by atoms with Gasteiger partial charge >= 0.3 is 102 Å². The molecule has 6 aliphatic heterocycles. The fourth-order valence-electron chi connectivity index (χ4n) is 9.99. The Morgan fingerprint density at radius 2 is 0.742 bits per heavy atom. The third kappa shape index (κ3) is 37.3. The minimum absolute atomic E-state index is 0.0164. The summed E-state index contributed by atoms with van der Waals surface area (Å²) in [6.45, 7) is 10.4. The number of epoxide rings is 1. The van der Waals surface area contributed by atoms with Crippen LogP contribution in [-0.2, 0) is 114 Å². The first-order valence-electron chi connectivity index (χ1n) is 37.5. The first-order valence-corrected chi connectivity index (χ1v) is 46.5. The van der Waals surface area contributed by atoms with Crippen LogP contribution in [0.2, 0.25) is 0 Å². The van der Waals surface area contributed by atoms with Crippen molar-refractivity contribution in [2.24, 2.45) is 0 Å². The number of nitrogens with two attached hydrogens (primary N) is 2. The number of halogens is 2. The van der Waals surface area contributed by atoms with Crippen LogP contribution in [0.15, 0.2) is 203 Å². The summed E-state index contributed by atoms with van der Waals surface area (Å²) in [5, 5.41) is 11.2. The summed E-state index contributed by atoms with van der Waals surface area (Å²) in [5.74, 6) is -2.57. The SMILES string of the molecule is CC.CC(=O)C1CO1.CC(=O)C1COC(COC(=O)c2ccccc2)O1.CC(=O)Nc1ccn(C2COC(COC(=O)c3ccccc3)O2)c(=O)n1.CC(=O)OC1COC(COC(=O)c2ccccc2)O1.Nc1ccn(C2COC(CO)O2)c(=O)n1.Nc1ccn(C2COC(COC(=O)c3ccccc3)O2)c(=O)n1.O=CCOC(=O)c1ccccc1.[I][V][I]. The van der Waals surface area contributed by atoms with Crippen LogP contribution >= 0.6 is 40.0 Å². The van der Waals surface area contributed by atoms with E-state index in [0.29, 0.717) is 50.2 Å². The number of nitrogens with zero attached hydrogens (tertiary/aromatic N) is 6. The molecule has 3 aromatic heterocycles. The number of ketones is 2. The summed E-state index contributed by atoms with van der Waals surface area (Å²) >= 11 is 4.74. The molecule has 43 heteroatoms. The standard InChI is InChI=1S/C17H17N3O6.C15H15N3O5.C13H14O6.C13H14O5.C9H8O3.C8H11N3O4.C4H6O2.C2H6.2HI.V/c1-11(21)18-13-7-8-20(17(23)19-13)14-9-24-15(26-14)10-25-16(22)12-5-3-2-4-6-12;16-11-6-7-18(15(20)17-11)12-8-21-13(23-12)9-22-14(19)10-4-2-1-3-5-10;1-9(14)18-12-8-16-11(19-12)7-17-13(15)10-5-3-2-4-6-10;1-9(14)11-7-16-12(18-11)8-17-13(15)10-5-3-2-4-6-10;10-6-7-12-9(11)8-4-2-1-3-5-8;9-5-1-2-11(8(13)10-5)6-4-14-7(3-12)15-6;1-3(5)4-2-6-4;1-2;;;/h2-8,14-15H,9-10H2,1H3,(H,18,19,21,23);1-7,12-13H,8-9H2,(H2,16,17,20);2-6,11-12H,7-8H2,1H3;2-6,11-12H,7-8H2,1H3;1-6H,7H2;1-2,6-7,12H,3-4H2,(H2,9,10,13);4H,2H2,1H3;1-2H3;2*1H;/q;;;;;;;;;;+2/p-2. The maximum atomic E-state index is 12.0. The van der Waals surface area contributed by atoms with Gasteiger partial charge in [-0.25, -0.2) is 38.4 Å². The average molecular weight is 1990 g/mol. The van der Waals surface area contributed by atoms with Crippen LogP contribution in [0.3, 0.4) is 0 Å². The molecular weight excluding hydrogens is 1900 g/mol. The Morgan fingerprint density at radius 1 is 0.435 bits per heavy atom. The molecule has 0 spiro atoms. The summed E-state index contributed by atoms with van der Waals surface area (Å²) in [5.41, 5.74) is 11.4. The summed E-state index contributed by atoms with van der Waals surface area (Å²) in [6.07, 6.45) is -1.81. The Kier molecular flexibility index (Phi) is 46.2. The van der Waals surface area contributed by atoms with Crippen LogP contribution in [-0.4, -0.2) is 223 Å². The molecule has 9 heterocycles. The molecule has 6 saturated heterocycles. The van der Waals surface area contributed by atoms with Gasteiger partial charge in [0.05, 0.1) is 67.5 Å². The zero-order valence-electron chi connectivity index (χ0n) is 67.5. The zero-order valence-corrected chi connectivity index (χ0v) is 73.3. The van der Waals surface area contributed by atoms with Crippen molar-refractivity contribution in [1.29, 1.82) is 0 Å². The fourth-order valence-corrected chi connectivity index (χ4v) is 9.99. The van der Waals surface area contributed by atoms with Crippen LogP contribution in [0.1, 0.15) is 112 Å². The number of carbonyl (C=O) groups excluding carboxylic acids is 10. The van der Waals surface area contributed by atoms with Gasteiger partial charge in [0, 0.05) is 32.4 Å². The van der Waals surface area contributed by atoms with Crippen molar-refractivity contribution in [3.05, 3.63) is 248 Å². The second-order valence-corrected chi connectivity index (χ2v) is 36.7. The first kappa shape index (κ1) is 102. The number of benzene rings is 5. The van der Waals surface area contributed by atoms with E-state index in [1.54, 1.807) is 133 Å². The normalized spacial score (nSPS) is 20.0. The van der Waals surface area contributed by atoms with Gasteiger partial charge in [0.2, 0.25) is 12.2 Å². The van der Waals surface area contributed by atoms with Gasteiger partial charge in [0.25, 0.3) is 0 Å².